The number of nitrogens with zero attached hydrogens (tertiary/aromatic N) is 6. The zero-order chi connectivity index (χ0) is 93.1. The number of piperidine rings is 2. The fourth-order valence-corrected chi connectivity index (χ4v) is 18.1. The van der Waals surface area contributed by atoms with Gasteiger partial charge in [-0.3, -0.25) is 77.3 Å². The number of halogens is 2. The molecule has 6 aromatic rings. The number of carbonyl (C=O) groups is 14. The molecule has 10 atom stereocenters. The van der Waals surface area contributed by atoms with E-state index in [1.54, 1.807) is 97.3 Å². The van der Waals surface area contributed by atoms with Gasteiger partial charge in [-0.1, -0.05) is 176 Å². The monoisotopic (exact) mass is 1780 g/mol. The molecule has 14 rings (SSSR count). The van der Waals surface area contributed by atoms with Crippen molar-refractivity contribution in [1.29, 1.82) is 0 Å². The minimum atomic E-state index is -1.96. The molecule has 2 saturated carbocycles. The molecule has 8 N–H and O–H groups in total. The Morgan fingerprint density at radius 3 is 1.35 bits per heavy atom. The van der Waals surface area contributed by atoms with Crippen molar-refractivity contribution in [3.63, 3.8) is 0 Å². The fraction of sp³-hybridized carbons (Fsp3) is 0.516. The number of benzene rings is 4. The summed E-state index contributed by atoms with van der Waals surface area (Å²) >= 11 is 3.06. The van der Waals surface area contributed by atoms with Gasteiger partial charge < -0.3 is 51.5 Å². The largest absolute Gasteiger partial charge is 0.391 e. The number of amides is 12. The van der Waals surface area contributed by atoms with Gasteiger partial charge in [0.25, 0.3) is 29.5 Å². The third-order valence-electron chi connectivity index (χ3n) is 24.5. The van der Waals surface area contributed by atoms with E-state index < -0.39 is 130 Å². The first-order valence-corrected chi connectivity index (χ1v) is 45.3. The lowest BCUT2D eigenvalue weighted by Gasteiger charge is -2.36. The third kappa shape index (κ3) is 22.2. The summed E-state index contributed by atoms with van der Waals surface area (Å²) in [5, 5.41) is 37.0. The Hall–Kier alpha value is -11.0. The van der Waals surface area contributed by atoms with E-state index in [9.17, 15) is 86.1 Å². The van der Waals surface area contributed by atoms with Crippen molar-refractivity contribution in [2.24, 2.45) is 22.7 Å². The number of ketones is 2. The number of imide groups is 2. The van der Waals surface area contributed by atoms with Crippen molar-refractivity contribution >= 4 is 105 Å². The SMILES string of the molecule is C=C1CCC(N2Cc3c(cccc3C(C)C)C2=O)C(=O)N1.CC(C)c1cccc2c1C(=O)N(C1CCC(=O)NC1=O)C2=O.Cc1ncsc1-c1ccc([C@@H](CC(=O)C(C)C)NC(=O)[C@@H]2C[C@@H](O)CN2C(=O)[C@@H](NC(=O)C2(F)CC2)C(C)(C)C)cc1.Cc1ncsc1-c1ccc([C@H](CC(=O)C(C)C)NC(=O)[C@@H]2C[C@@H](O)CN2C(=O)[C@H](NC(=O)C2(F)CC2)C(C)(C)C)cc1. The maximum atomic E-state index is 14.5. The Bertz CT molecular complexity index is 5050. The normalized spacial score (nSPS) is 21.3. The first kappa shape index (κ1) is 96.7. The maximum absolute atomic E-state index is 14.5. The summed E-state index contributed by atoms with van der Waals surface area (Å²) in [5.74, 6) is -5.89. The Balaban J connectivity index is 0.000000172. The van der Waals surface area contributed by atoms with Gasteiger partial charge in [0, 0.05) is 74.8 Å². The molecule has 8 heterocycles. The van der Waals surface area contributed by atoms with Crippen LogP contribution in [0.15, 0.2) is 108 Å². The standard InChI is InChI=1S/2C31H41FN4O5S.C17H20N2O2.C16H16N2O4/c2*1-17(2)24(38)14-22(19-7-9-20(10-8-19)25-18(3)33-16-42-25)34-27(39)23-13-21(37)15-36(23)28(40)26(30(4,5)6)35-29(41)31(32)11-12-31;1-10(2)12-5-4-6-13-14(12)9-19(17(13)21)15-8-7-11(3)18-16(15)20;1-8(2)9-4-3-5-10-13(9)16(22)18(15(10)21)11-6-7-12(19)17-14(11)20/h2*7-10,16-17,21-23,26,37H,11-15H2,1-6H3,(H,34,39)(H,35,41);4-6,10,15H,3,7-9H2,1-2H3,(H,18,20);3-5,8,11H,6-7H2,1-2H3,(H,17,19,20)/t21-,22+,23+,26+;21-,22-,23+,26-;;/m11../s1. The van der Waals surface area contributed by atoms with E-state index in [4.69, 9.17) is 0 Å². The first-order chi connectivity index (χ1) is 59.6. The predicted molar refractivity (Wildman–Crippen MR) is 474 cm³/mol. The number of β-amino-alcohol motifs (C(OH)–C–C–N with tert-alkyl or cyclic N) is 2. The third-order valence-corrected chi connectivity index (χ3v) is 26.5. The molecule has 4 saturated heterocycles. The van der Waals surface area contributed by atoms with Crippen LogP contribution in [0.1, 0.15) is 268 Å². The highest BCUT2D eigenvalue weighted by atomic mass is 32.1. The average molecular weight is 1790 g/mol. The van der Waals surface area contributed by atoms with Gasteiger partial charge in [0.15, 0.2) is 11.3 Å². The summed E-state index contributed by atoms with van der Waals surface area (Å²) in [6, 6.07) is 19.4. The van der Waals surface area contributed by atoms with Crippen LogP contribution in [0.25, 0.3) is 20.9 Å². The van der Waals surface area contributed by atoms with Crippen LogP contribution in [-0.2, 0) is 59.3 Å². The van der Waals surface area contributed by atoms with Crippen molar-refractivity contribution in [3.05, 3.63) is 164 Å². The number of aliphatic hydroxyl groups excluding tert-OH is 2. The lowest BCUT2D eigenvalue weighted by Crippen LogP contribution is -2.59. The van der Waals surface area contributed by atoms with Crippen LogP contribution in [0.5, 0.6) is 0 Å². The van der Waals surface area contributed by atoms with Crippen molar-refractivity contribution in [2.45, 2.75) is 278 Å². The number of allylic oxidation sites excluding steroid dienone is 1. The lowest BCUT2D eigenvalue weighted by atomic mass is 9.85. The van der Waals surface area contributed by atoms with Gasteiger partial charge in [-0.05, 0) is 133 Å². The fourth-order valence-electron chi connectivity index (χ4n) is 16.5. The topological polar surface area (TPSA) is 390 Å². The number of rotatable bonds is 24. The summed E-state index contributed by atoms with van der Waals surface area (Å²) in [6.45, 7) is 33.8. The summed E-state index contributed by atoms with van der Waals surface area (Å²) in [6.07, 6.45) is 0.352. The minimum absolute atomic E-state index is 0.00384. The van der Waals surface area contributed by atoms with Gasteiger partial charge in [0.2, 0.25) is 41.4 Å². The molecule has 0 bridgehead atoms. The molecule has 2 unspecified atom stereocenters. The summed E-state index contributed by atoms with van der Waals surface area (Å²) < 4.78 is 28.9. The molecule has 2 aromatic heterocycles. The molecule has 28 nitrogen and oxygen atoms in total. The molecular formula is C95H118F2N12O16S2. The van der Waals surface area contributed by atoms with Gasteiger partial charge in [-0.25, -0.2) is 18.7 Å². The Labute approximate surface area is 747 Å². The van der Waals surface area contributed by atoms with E-state index in [1.807, 2.05) is 94.4 Å². The number of thiazole rings is 2. The second-order valence-corrected chi connectivity index (χ2v) is 39.5. The molecule has 127 heavy (non-hydrogen) atoms. The van der Waals surface area contributed by atoms with Gasteiger partial charge in [0.1, 0.15) is 47.8 Å². The highest BCUT2D eigenvalue weighted by molar-refractivity contribution is 7.13. The number of nitrogens with one attached hydrogen (secondary N) is 6. The molecule has 32 heteroatoms. The van der Waals surface area contributed by atoms with Crippen LogP contribution < -0.4 is 31.9 Å². The number of fused-ring (bicyclic) bond motifs is 2. The van der Waals surface area contributed by atoms with Crippen LogP contribution in [0.2, 0.25) is 0 Å². The van der Waals surface area contributed by atoms with Gasteiger partial charge in [-0.2, -0.15) is 0 Å². The van der Waals surface area contributed by atoms with E-state index in [2.05, 4.69) is 68.4 Å². The predicted octanol–water partition coefficient (Wildman–Crippen LogP) is 11.5. The number of aliphatic hydroxyl groups is 2. The van der Waals surface area contributed by atoms with E-state index in [1.165, 1.54) is 38.0 Å². The zero-order valence-electron chi connectivity index (χ0n) is 75.0. The van der Waals surface area contributed by atoms with E-state index in [-0.39, 0.29) is 130 Å². The van der Waals surface area contributed by atoms with Gasteiger partial charge in [-0.15, -0.1) is 22.7 Å². The molecular weight excluding hydrogens is 1670 g/mol. The molecule has 12 amide bonds. The average Bonchev–Trinajstić information content (AvgIpc) is 1.66. The second-order valence-electron chi connectivity index (χ2n) is 37.8. The Morgan fingerprint density at radius 2 is 0.961 bits per heavy atom. The van der Waals surface area contributed by atoms with Crippen LogP contribution in [0.4, 0.5) is 8.78 Å². The number of aromatic nitrogens is 2. The smallest absolute Gasteiger partial charge is 0.262 e. The molecule has 0 radical (unpaired) electrons. The van der Waals surface area contributed by atoms with Crippen LogP contribution in [0.3, 0.4) is 0 Å². The number of aryl methyl sites for hydroxylation is 2. The van der Waals surface area contributed by atoms with Crippen molar-refractivity contribution in [1.82, 2.24) is 61.5 Å². The minimum Gasteiger partial charge on any atom is -0.391 e. The molecule has 680 valence electrons. The first-order valence-electron chi connectivity index (χ1n) is 43.5. The molecule has 6 aliphatic heterocycles. The molecule has 0 spiro atoms. The molecule has 6 fully saturated rings. The van der Waals surface area contributed by atoms with Crippen LogP contribution in [0, 0.1) is 36.5 Å². The maximum Gasteiger partial charge on any atom is 0.262 e. The quantitative estimate of drug-likeness (QED) is 0.0261. The number of alkyl halides is 2. The Morgan fingerprint density at radius 1 is 0.543 bits per heavy atom. The van der Waals surface area contributed by atoms with Crippen molar-refractivity contribution in [3.8, 4) is 20.9 Å². The molecule has 2 aliphatic carbocycles. The highest BCUT2D eigenvalue weighted by Crippen LogP contribution is 2.44. The number of likely N-dealkylation sites (tertiary alicyclic amines) is 2. The number of hydrogen-bond donors (Lipinski definition) is 8. The summed E-state index contributed by atoms with van der Waals surface area (Å²) in [4.78, 5) is 195. The van der Waals surface area contributed by atoms with Crippen LogP contribution in [-0.4, -0.2) is 195 Å². The van der Waals surface area contributed by atoms with E-state index in [0.717, 1.165) is 77.1 Å². The van der Waals surface area contributed by atoms with Gasteiger partial charge >= 0.3 is 0 Å². The highest BCUT2D eigenvalue weighted by Gasteiger charge is 2.56. The van der Waals surface area contributed by atoms with E-state index in [0.29, 0.717) is 30.0 Å². The second kappa shape index (κ2) is 39.3. The zero-order valence-corrected chi connectivity index (χ0v) is 76.6. The van der Waals surface area contributed by atoms with Crippen molar-refractivity contribution < 1.29 is 86.1 Å². The van der Waals surface area contributed by atoms with Gasteiger partial charge in [0.05, 0.1) is 67.6 Å². The number of hydrogen-bond acceptors (Lipinski definition) is 20. The number of carbonyl (C=O) groups excluding carboxylic acids is 14. The summed E-state index contributed by atoms with van der Waals surface area (Å²) in [5.41, 5.74) is 8.61. The summed E-state index contributed by atoms with van der Waals surface area (Å²) in [7, 11) is 0. The van der Waals surface area contributed by atoms with Crippen molar-refractivity contribution in [2.75, 3.05) is 13.1 Å². The lowest BCUT2D eigenvalue weighted by molar-refractivity contribution is -0.145. The molecule has 8 aliphatic rings. The number of Topliss-reactive ketones (excluding diaryl/α,β-unsaturated/α-hetero) is 2. The van der Waals surface area contributed by atoms with Crippen LogP contribution >= 0.6 is 22.7 Å². The van der Waals surface area contributed by atoms with E-state index >= 15 is 0 Å². The Kier molecular flexibility index (Phi) is 29.9. The molecule has 4 aromatic carbocycles.